The molecule has 13 nitrogen and oxygen atoms in total. The number of sulfonamides is 1. The van der Waals surface area contributed by atoms with Crippen LogP contribution in [0.1, 0.15) is 42.3 Å². The van der Waals surface area contributed by atoms with E-state index in [9.17, 15) is 27.6 Å². The van der Waals surface area contributed by atoms with Crippen LogP contribution in [0, 0.1) is 0 Å². The molecule has 0 aliphatic carbocycles. The highest BCUT2D eigenvalue weighted by atomic mass is 32.2. The van der Waals surface area contributed by atoms with Gasteiger partial charge in [-0.1, -0.05) is 36.4 Å². The van der Waals surface area contributed by atoms with Crippen molar-refractivity contribution in [2.75, 3.05) is 27.3 Å². The van der Waals surface area contributed by atoms with Crippen LogP contribution >= 0.6 is 0 Å². The van der Waals surface area contributed by atoms with Crippen molar-refractivity contribution in [3.05, 3.63) is 119 Å². The standard InChI is InChI=1S/C33H32N4O9S/c1-44-28-15-8-22(18-29(28)45-2)16-17-34-31(39)24-9-12-26(13-10-24)47(42,43)37-32(40)25-11-14-27(35-19-25)33(41)36-20-30(38)46-21-23-6-4-3-5-7-23/h3-15,18-19H,16-17,20-21H2,1-2H3,(H,34,39)(H,36,41)(H,37,40). The largest absolute Gasteiger partial charge is 0.493 e. The number of amides is 3. The van der Waals surface area contributed by atoms with E-state index in [0.717, 1.165) is 17.3 Å². The van der Waals surface area contributed by atoms with Crippen LogP contribution in [0.25, 0.3) is 0 Å². The number of nitrogens with zero attached hydrogens (tertiary/aromatic N) is 1. The molecule has 0 atom stereocenters. The van der Waals surface area contributed by atoms with Gasteiger partial charge in [0, 0.05) is 18.3 Å². The molecule has 0 fully saturated rings. The van der Waals surface area contributed by atoms with Gasteiger partial charge in [-0.15, -0.1) is 0 Å². The molecule has 0 saturated carbocycles. The van der Waals surface area contributed by atoms with Crippen LogP contribution in [0.15, 0.2) is 96.0 Å². The molecule has 1 heterocycles. The zero-order valence-corrected chi connectivity index (χ0v) is 26.3. The van der Waals surface area contributed by atoms with Gasteiger partial charge < -0.3 is 24.8 Å². The molecule has 0 bridgehead atoms. The number of hydrogen-bond donors (Lipinski definition) is 3. The molecule has 4 aromatic rings. The Bertz CT molecular complexity index is 1830. The summed E-state index contributed by atoms with van der Waals surface area (Å²) >= 11 is 0. The summed E-state index contributed by atoms with van der Waals surface area (Å²) in [6.45, 7) is -0.0174. The normalized spacial score (nSPS) is 10.8. The predicted octanol–water partition coefficient (Wildman–Crippen LogP) is 2.66. The number of hydrogen-bond acceptors (Lipinski definition) is 10. The Labute approximate surface area is 271 Å². The van der Waals surface area contributed by atoms with Gasteiger partial charge in [-0.2, -0.15) is 0 Å². The molecule has 14 heteroatoms. The smallest absolute Gasteiger partial charge is 0.325 e. The van der Waals surface area contributed by atoms with Crippen LogP contribution in [-0.4, -0.2) is 64.4 Å². The molecule has 0 spiro atoms. The number of carbonyl (C=O) groups is 4. The van der Waals surface area contributed by atoms with Crippen molar-refractivity contribution in [1.29, 1.82) is 0 Å². The lowest BCUT2D eigenvalue weighted by molar-refractivity contribution is -0.143. The van der Waals surface area contributed by atoms with Gasteiger partial charge >= 0.3 is 5.97 Å². The van der Waals surface area contributed by atoms with Crippen molar-refractivity contribution in [2.45, 2.75) is 17.9 Å². The monoisotopic (exact) mass is 660 g/mol. The predicted molar refractivity (Wildman–Crippen MR) is 169 cm³/mol. The maximum Gasteiger partial charge on any atom is 0.325 e. The second kappa shape index (κ2) is 16.0. The summed E-state index contributed by atoms with van der Waals surface area (Å²) < 4.78 is 43.2. The lowest BCUT2D eigenvalue weighted by Gasteiger charge is -2.10. The van der Waals surface area contributed by atoms with Crippen LogP contribution in [0.3, 0.4) is 0 Å². The fourth-order valence-corrected chi connectivity index (χ4v) is 5.15. The summed E-state index contributed by atoms with van der Waals surface area (Å²) in [6, 6.07) is 22.0. The summed E-state index contributed by atoms with van der Waals surface area (Å²) in [6.07, 6.45) is 1.55. The summed E-state index contributed by atoms with van der Waals surface area (Å²) in [5.41, 5.74) is 1.72. The number of methoxy groups -OCH3 is 2. The van der Waals surface area contributed by atoms with Crippen LogP contribution in [0.2, 0.25) is 0 Å². The molecule has 3 N–H and O–H groups in total. The minimum atomic E-state index is -4.30. The molecule has 47 heavy (non-hydrogen) atoms. The fourth-order valence-electron chi connectivity index (χ4n) is 4.18. The molecule has 0 saturated heterocycles. The number of pyridine rings is 1. The maximum absolute atomic E-state index is 12.8. The van der Waals surface area contributed by atoms with Crippen molar-refractivity contribution in [3.63, 3.8) is 0 Å². The van der Waals surface area contributed by atoms with Gasteiger partial charge in [0.25, 0.3) is 27.7 Å². The van der Waals surface area contributed by atoms with E-state index in [1.807, 2.05) is 22.9 Å². The van der Waals surface area contributed by atoms with E-state index >= 15 is 0 Å². The number of rotatable bonds is 14. The third-order valence-electron chi connectivity index (χ3n) is 6.70. The minimum absolute atomic E-state index is 0.0582. The molecule has 0 radical (unpaired) electrons. The Kier molecular flexibility index (Phi) is 11.6. The van der Waals surface area contributed by atoms with E-state index in [0.29, 0.717) is 24.5 Å². The van der Waals surface area contributed by atoms with E-state index in [1.165, 1.54) is 43.5 Å². The number of nitrogens with one attached hydrogen (secondary N) is 3. The van der Waals surface area contributed by atoms with Gasteiger partial charge in [-0.25, -0.2) is 13.1 Å². The second-order valence-corrected chi connectivity index (χ2v) is 11.6. The number of aromatic nitrogens is 1. The van der Waals surface area contributed by atoms with Gasteiger partial charge in [0.2, 0.25) is 0 Å². The number of benzene rings is 3. The highest BCUT2D eigenvalue weighted by Gasteiger charge is 2.20. The van der Waals surface area contributed by atoms with Crippen molar-refractivity contribution < 1.29 is 41.8 Å². The Morgan fingerprint density at radius 3 is 2.09 bits per heavy atom. The molecular weight excluding hydrogens is 628 g/mol. The van der Waals surface area contributed by atoms with Crippen LogP contribution < -0.4 is 24.8 Å². The molecule has 0 unspecified atom stereocenters. The molecule has 244 valence electrons. The van der Waals surface area contributed by atoms with Crippen molar-refractivity contribution in [2.24, 2.45) is 0 Å². The van der Waals surface area contributed by atoms with Crippen LogP contribution in [0.5, 0.6) is 11.5 Å². The fraction of sp³-hybridized carbons (Fsp3) is 0.182. The van der Waals surface area contributed by atoms with Crippen molar-refractivity contribution >= 4 is 33.7 Å². The SMILES string of the molecule is COc1ccc(CCNC(=O)c2ccc(S(=O)(=O)NC(=O)c3ccc(C(=O)NCC(=O)OCc4ccccc4)nc3)cc2)cc1OC. The van der Waals surface area contributed by atoms with Crippen LogP contribution in [-0.2, 0) is 32.6 Å². The summed E-state index contributed by atoms with van der Waals surface area (Å²) in [5, 5.41) is 5.15. The Morgan fingerprint density at radius 1 is 0.723 bits per heavy atom. The summed E-state index contributed by atoms with van der Waals surface area (Å²) in [7, 11) is -1.22. The zero-order valence-electron chi connectivity index (χ0n) is 25.5. The maximum atomic E-state index is 12.8. The summed E-state index contributed by atoms with van der Waals surface area (Å²) in [5.74, 6) is -1.55. The topological polar surface area (TPSA) is 179 Å². The molecule has 3 aromatic carbocycles. The molecule has 0 aliphatic rings. The molecular formula is C33H32N4O9S. The third-order valence-corrected chi connectivity index (χ3v) is 8.04. The second-order valence-electron chi connectivity index (χ2n) is 9.92. The third kappa shape index (κ3) is 9.61. The number of carbonyl (C=O) groups excluding carboxylic acids is 4. The molecule has 3 amide bonds. The van der Waals surface area contributed by atoms with E-state index in [1.54, 1.807) is 37.4 Å². The summed E-state index contributed by atoms with van der Waals surface area (Å²) in [4.78, 5) is 53.1. The lowest BCUT2D eigenvalue weighted by Crippen LogP contribution is -2.32. The first-order valence-corrected chi connectivity index (χ1v) is 15.7. The van der Waals surface area contributed by atoms with E-state index < -0.39 is 40.3 Å². The molecule has 1 aromatic heterocycles. The first kappa shape index (κ1) is 34.1. The molecule has 0 aliphatic heterocycles. The van der Waals surface area contributed by atoms with Gasteiger partial charge in [-0.3, -0.25) is 24.2 Å². The van der Waals surface area contributed by atoms with E-state index in [-0.39, 0.29) is 28.3 Å². The first-order valence-electron chi connectivity index (χ1n) is 14.2. The lowest BCUT2D eigenvalue weighted by atomic mass is 10.1. The zero-order chi connectivity index (χ0) is 33.8. The Balaban J connectivity index is 1.25. The Morgan fingerprint density at radius 2 is 1.43 bits per heavy atom. The van der Waals surface area contributed by atoms with E-state index in [4.69, 9.17) is 14.2 Å². The van der Waals surface area contributed by atoms with Crippen molar-refractivity contribution in [3.8, 4) is 11.5 Å². The van der Waals surface area contributed by atoms with Gasteiger partial charge in [0.15, 0.2) is 11.5 Å². The van der Waals surface area contributed by atoms with E-state index in [2.05, 4.69) is 15.6 Å². The van der Waals surface area contributed by atoms with Crippen molar-refractivity contribution in [1.82, 2.24) is 20.3 Å². The number of esters is 1. The van der Waals surface area contributed by atoms with Crippen LogP contribution in [0.4, 0.5) is 0 Å². The van der Waals surface area contributed by atoms with Gasteiger partial charge in [-0.05, 0) is 66.1 Å². The highest BCUT2D eigenvalue weighted by Crippen LogP contribution is 2.27. The number of ether oxygens (including phenoxy) is 3. The molecule has 4 rings (SSSR count). The Hall–Kier alpha value is -5.76. The highest BCUT2D eigenvalue weighted by molar-refractivity contribution is 7.90. The average molecular weight is 661 g/mol. The quantitative estimate of drug-likeness (QED) is 0.170. The first-order chi connectivity index (χ1) is 22.6. The van der Waals surface area contributed by atoms with Gasteiger partial charge in [0.05, 0.1) is 24.7 Å². The average Bonchev–Trinajstić information content (AvgIpc) is 3.09. The van der Waals surface area contributed by atoms with Gasteiger partial charge in [0.1, 0.15) is 18.8 Å². The minimum Gasteiger partial charge on any atom is -0.493 e.